The standard InChI is InChI=1S/C4H6Br2O2/c5-3(7)1-2-4(6)8/h1-4,7-8H. The molecule has 0 aromatic heterocycles. The van der Waals surface area contributed by atoms with Gasteiger partial charge in [0.25, 0.3) is 0 Å². The van der Waals surface area contributed by atoms with Gasteiger partial charge in [-0.2, -0.15) is 0 Å². The fourth-order valence-electron chi connectivity index (χ4n) is 0.183. The van der Waals surface area contributed by atoms with Gasteiger partial charge >= 0.3 is 0 Å². The Kier molecular flexibility index (Phi) is 4.84. The molecule has 0 aliphatic carbocycles. The maximum atomic E-state index is 8.50. The van der Waals surface area contributed by atoms with Crippen LogP contribution in [0.4, 0.5) is 0 Å². The van der Waals surface area contributed by atoms with Gasteiger partial charge in [-0.1, -0.05) is 31.9 Å². The van der Waals surface area contributed by atoms with Crippen LogP contribution in [0.3, 0.4) is 0 Å². The van der Waals surface area contributed by atoms with Crippen molar-refractivity contribution in [3.8, 4) is 0 Å². The summed E-state index contributed by atoms with van der Waals surface area (Å²) >= 11 is 5.68. The molecule has 0 fully saturated rings. The lowest BCUT2D eigenvalue weighted by atomic mass is 10.5. The van der Waals surface area contributed by atoms with Crippen LogP contribution in [0, 0.1) is 0 Å². The zero-order valence-corrected chi connectivity index (χ0v) is 7.13. The summed E-state index contributed by atoms with van der Waals surface area (Å²) in [6.07, 6.45) is 2.83. The number of halogens is 2. The minimum atomic E-state index is -0.672. The van der Waals surface area contributed by atoms with E-state index < -0.39 is 10.0 Å². The number of hydrogen-bond donors (Lipinski definition) is 2. The van der Waals surface area contributed by atoms with Crippen LogP contribution in [0.15, 0.2) is 12.2 Å². The van der Waals surface area contributed by atoms with Crippen molar-refractivity contribution in [3.05, 3.63) is 12.2 Å². The molecule has 0 radical (unpaired) electrons. The van der Waals surface area contributed by atoms with Crippen molar-refractivity contribution >= 4 is 31.9 Å². The molecular formula is C4H6Br2O2. The Morgan fingerprint density at radius 3 is 1.38 bits per heavy atom. The fourth-order valence-corrected chi connectivity index (χ4v) is 0.536. The van der Waals surface area contributed by atoms with Gasteiger partial charge in [0.05, 0.1) is 0 Å². The maximum Gasteiger partial charge on any atom is 0.127 e. The molecule has 0 aliphatic rings. The van der Waals surface area contributed by atoms with Gasteiger partial charge in [0, 0.05) is 0 Å². The first-order valence-electron chi connectivity index (χ1n) is 1.95. The number of aliphatic hydroxyl groups excluding tert-OH is 2. The predicted molar refractivity (Wildman–Crippen MR) is 39.0 cm³/mol. The van der Waals surface area contributed by atoms with Gasteiger partial charge in [-0.25, -0.2) is 0 Å². The molecule has 8 heavy (non-hydrogen) atoms. The molecule has 0 bridgehead atoms. The van der Waals surface area contributed by atoms with Gasteiger partial charge in [0.2, 0.25) is 0 Å². The van der Waals surface area contributed by atoms with Crippen molar-refractivity contribution in [2.45, 2.75) is 10.0 Å². The minimum Gasteiger partial charge on any atom is -0.378 e. The lowest BCUT2D eigenvalue weighted by molar-refractivity contribution is 0.301. The number of aliphatic hydroxyl groups is 2. The molecule has 2 unspecified atom stereocenters. The lowest BCUT2D eigenvalue weighted by Gasteiger charge is -1.92. The summed E-state index contributed by atoms with van der Waals surface area (Å²) in [5.41, 5.74) is 0. The molecule has 4 heteroatoms. The van der Waals surface area contributed by atoms with Crippen LogP contribution in [0.5, 0.6) is 0 Å². The second-order valence-electron chi connectivity index (χ2n) is 1.13. The van der Waals surface area contributed by atoms with E-state index in [0.717, 1.165) is 0 Å². The van der Waals surface area contributed by atoms with E-state index in [2.05, 4.69) is 31.9 Å². The van der Waals surface area contributed by atoms with Crippen LogP contribution in [-0.4, -0.2) is 20.2 Å². The second-order valence-corrected chi connectivity index (χ2v) is 3.01. The smallest absolute Gasteiger partial charge is 0.127 e. The summed E-state index contributed by atoms with van der Waals surface area (Å²) in [6, 6.07) is 0. The molecule has 0 spiro atoms. The minimum absolute atomic E-state index is 0.672. The van der Waals surface area contributed by atoms with Crippen LogP contribution < -0.4 is 0 Å². The van der Waals surface area contributed by atoms with Gasteiger partial charge in [0.1, 0.15) is 10.0 Å². The zero-order valence-electron chi connectivity index (χ0n) is 3.96. The van der Waals surface area contributed by atoms with E-state index in [1.54, 1.807) is 0 Å². The second kappa shape index (κ2) is 4.49. The summed E-state index contributed by atoms with van der Waals surface area (Å²) in [4.78, 5) is 0. The molecule has 0 aliphatic heterocycles. The van der Waals surface area contributed by atoms with Crippen LogP contribution in [-0.2, 0) is 0 Å². The summed E-state index contributed by atoms with van der Waals surface area (Å²) in [7, 11) is 0. The third-order valence-electron chi connectivity index (χ3n) is 0.429. The Morgan fingerprint density at radius 2 is 1.25 bits per heavy atom. The summed E-state index contributed by atoms with van der Waals surface area (Å²) in [6.45, 7) is 0. The van der Waals surface area contributed by atoms with Crippen molar-refractivity contribution in [2.75, 3.05) is 0 Å². The monoisotopic (exact) mass is 244 g/mol. The Labute approximate surface area is 64.5 Å². The zero-order chi connectivity index (χ0) is 6.57. The van der Waals surface area contributed by atoms with Crippen molar-refractivity contribution in [1.82, 2.24) is 0 Å². The first kappa shape index (κ1) is 8.62. The Hall–Kier alpha value is 0.620. The number of hydrogen-bond acceptors (Lipinski definition) is 2. The quantitative estimate of drug-likeness (QED) is 0.562. The Morgan fingerprint density at radius 1 is 1.00 bits per heavy atom. The highest BCUT2D eigenvalue weighted by Crippen LogP contribution is 2.00. The molecule has 0 amide bonds. The molecule has 0 saturated carbocycles. The highest BCUT2D eigenvalue weighted by Gasteiger charge is 1.90. The molecule has 0 heterocycles. The normalized spacial score (nSPS) is 19.0. The predicted octanol–water partition coefficient (Wildman–Crippen LogP) is 0.969. The lowest BCUT2D eigenvalue weighted by Crippen LogP contribution is -1.91. The first-order valence-corrected chi connectivity index (χ1v) is 3.78. The maximum absolute atomic E-state index is 8.50. The van der Waals surface area contributed by atoms with E-state index in [1.165, 1.54) is 12.2 Å². The number of alkyl halides is 2. The fraction of sp³-hybridized carbons (Fsp3) is 0.500. The van der Waals surface area contributed by atoms with Crippen molar-refractivity contribution in [3.63, 3.8) is 0 Å². The van der Waals surface area contributed by atoms with Gasteiger partial charge in [0.15, 0.2) is 0 Å². The van der Waals surface area contributed by atoms with Crippen LogP contribution >= 0.6 is 31.9 Å². The van der Waals surface area contributed by atoms with Gasteiger partial charge in [-0.05, 0) is 12.2 Å². The van der Waals surface area contributed by atoms with E-state index >= 15 is 0 Å². The molecular weight excluding hydrogens is 240 g/mol. The third-order valence-corrected chi connectivity index (χ3v) is 1.04. The average Bonchev–Trinajstić information content (AvgIpc) is 1.61. The average molecular weight is 246 g/mol. The number of rotatable bonds is 2. The van der Waals surface area contributed by atoms with E-state index in [-0.39, 0.29) is 0 Å². The Bertz CT molecular complexity index is 70.1. The van der Waals surface area contributed by atoms with Gasteiger partial charge in [-0.15, -0.1) is 0 Å². The SMILES string of the molecule is OC(Br)C=CC(O)Br. The molecule has 0 aromatic carbocycles. The van der Waals surface area contributed by atoms with E-state index in [1.807, 2.05) is 0 Å². The third kappa shape index (κ3) is 6.62. The molecule has 0 rings (SSSR count). The van der Waals surface area contributed by atoms with E-state index in [9.17, 15) is 0 Å². The van der Waals surface area contributed by atoms with E-state index in [4.69, 9.17) is 10.2 Å². The highest BCUT2D eigenvalue weighted by molar-refractivity contribution is 9.09. The molecule has 2 nitrogen and oxygen atoms in total. The molecule has 0 aromatic rings. The molecule has 2 atom stereocenters. The molecule has 2 N–H and O–H groups in total. The molecule has 48 valence electrons. The summed E-state index contributed by atoms with van der Waals surface area (Å²) < 4.78 is 0. The van der Waals surface area contributed by atoms with Crippen LogP contribution in [0.1, 0.15) is 0 Å². The van der Waals surface area contributed by atoms with Crippen LogP contribution in [0.2, 0.25) is 0 Å². The van der Waals surface area contributed by atoms with Crippen molar-refractivity contribution < 1.29 is 10.2 Å². The summed E-state index contributed by atoms with van der Waals surface area (Å²) in [5, 5.41) is 15.7. The summed E-state index contributed by atoms with van der Waals surface area (Å²) in [5.74, 6) is 0. The Balaban J connectivity index is 3.34. The van der Waals surface area contributed by atoms with Crippen LogP contribution in [0.25, 0.3) is 0 Å². The van der Waals surface area contributed by atoms with E-state index in [0.29, 0.717) is 0 Å². The highest BCUT2D eigenvalue weighted by atomic mass is 79.9. The van der Waals surface area contributed by atoms with Gasteiger partial charge < -0.3 is 10.2 Å². The topological polar surface area (TPSA) is 40.5 Å². The first-order chi connectivity index (χ1) is 3.63. The largest absolute Gasteiger partial charge is 0.378 e. The van der Waals surface area contributed by atoms with Crippen molar-refractivity contribution in [2.24, 2.45) is 0 Å². The van der Waals surface area contributed by atoms with Gasteiger partial charge in [-0.3, -0.25) is 0 Å². The van der Waals surface area contributed by atoms with Crippen molar-refractivity contribution in [1.29, 1.82) is 0 Å². The molecule has 0 saturated heterocycles.